The van der Waals surface area contributed by atoms with Gasteiger partial charge < -0.3 is 10.2 Å². The fourth-order valence-corrected chi connectivity index (χ4v) is 2.80. The number of anilines is 1. The van der Waals surface area contributed by atoms with Crippen LogP contribution in [0.5, 0.6) is 0 Å². The Labute approximate surface area is 154 Å². The molecule has 2 rings (SSSR count). The lowest BCUT2D eigenvalue weighted by Gasteiger charge is -2.17. The molecule has 126 valence electrons. The molecule has 1 N–H and O–H groups in total. The number of benzene rings is 2. The Kier molecular flexibility index (Phi) is 6.82. The molecule has 2 aromatic carbocycles. The highest BCUT2D eigenvalue weighted by Gasteiger charge is 2.14. The summed E-state index contributed by atoms with van der Waals surface area (Å²) in [5.41, 5.74) is 1.61. The lowest BCUT2D eigenvalue weighted by atomic mass is 10.1. The molecule has 0 heterocycles. The lowest BCUT2D eigenvalue weighted by Crippen LogP contribution is -2.35. The first-order chi connectivity index (χ1) is 11.5. The zero-order valence-electron chi connectivity index (χ0n) is 13.3. The topological polar surface area (TPSA) is 49.4 Å². The molecule has 0 aromatic heterocycles. The number of aryl methyl sites for hydroxylation is 1. The Balaban J connectivity index is 1.84. The van der Waals surface area contributed by atoms with E-state index in [0.29, 0.717) is 23.6 Å². The molecule has 24 heavy (non-hydrogen) atoms. The van der Waals surface area contributed by atoms with Gasteiger partial charge in [0.2, 0.25) is 11.8 Å². The first-order valence-corrected chi connectivity index (χ1v) is 8.66. The number of carbonyl (C=O) groups is 2. The second kappa shape index (κ2) is 8.85. The molecule has 0 saturated heterocycles. The van der Waals surface area contributed by atoms with Crippen molar-refractivity contribution in [3.8, 4) is 0 Å². The number of amides is 2. The van der Waals surface area contributed by atoms with E-state index in [2.05, 4.69) is 21.2 Å². The van der Waals surface area contributed by atoms with Crippen LogP contribution in [0.4, 0.5) is 5.69 Å². The summed E-state index contributed by atoms with van der Waals surface area (Å²) in [6.07, 6.45) is 0.858. The fourth-order valence-electron chi connectivity index (χ4n) is 2.19. The smallest absolute Gasteiger partial charge is 0.244 e. The number of likely N-dealkylation sites (N-methyl/N-ethyl adjacent to an activating group) is 1. The second-order valence-electron chi connectivity index (χ2n) is 5.37. The largest absolute Gasteiger partial charge is 0.336 e. The Morgan fingerprint density at radius 1 is 1.12 bits per heavy atom. The van der Waals surface area contributed by atoms with Gasteiger partial charge in [0, 0.05) is 23.0 Å². The minimum absolute atomic E-state index is 0.00267. The van der Waals surface area contributed by atoms with E-state index < -0.39 is 0 Å². The normalized spacial score (nSPS) is 10.3. The molecule has 0 aliphatic rings. The van der Waals surface area contributed by atoms with Gasteiger partial charge in [-0.05, 0) is 46.1 Å². The van der Waals surface area contributed by atoms with Crippen LogP contribution in [0.3, 0.4) is 0 Å². The molecular formula is C18H18BrClN2O2. The van der Waals surface area contributed by atoms with Gasteiger partial charge in [-0.3, -0.25) is 9.59 Å². The number of carbonyl (C=O) groups excluding carboxylic acids is 2. The van der Waals surface area contributed by atoms with Crippen LogP contribution in [0.25, 0.3) is 0 Å². The minimum Gasteiger partial charge on any atom is -0.336 e. The number of nitrogens with zero attached hydrogens (tertiary/aromatic N) is 1. The molecule has 6 heteroatoms. The predicted molar refractivity (Wildman–Crippen MR) is 100 cm³/mol. The van der Waals surface area contributed by atoms with Gasteiger partial charge in [-0.15, -0.1) is 0 Å². The zero-order valence-corrected chi connectivity index (χ0v) is 15.6. The van der Waals surface area contributed by atoms with Gasteiger partial charge in [0.25, 0.3) is 0 Å². The number of nitrogens with one attached hydrogen (secondary N) is 1. The molecule has 0 radical (unpaired) electrons. The van der Waals surface area contributed by atoms with Crippen LogP contribution in [0.15, 0.2) is 53.0 Å². The van der Waals surface area contributed by atoms with E-state index in [4.69, 9.17) is 11.6 Å². The highest BCUT2D eigenvalue weighted by atomic mass is 79.9. The lowest BCUT2D eigenvalue weighted by molar-refractivity contribution is -0.133. The predicted octanol–water partition coefficient (Wildman–Crippen LogP) is 4.13. The molecule has 0 fully saturated rings. The van der Waals surface area contributed by atoms with Gasteiger partial charge in [0.05, 0.1) is 12.2 Å². The van der Waals surface area contributed by atoms with Crippen molar-refractivity contribution in [3.63, 3.8) is 0 Å². The maximum Gasteiger partial charge on any atom is 0.244 e. The van der Waals surface area contributed by atoms with E-state index in [1.54, 1.807) is 19.2 Å². The van der Waals surface area contributed by atoms with Crippen LogP contribution in [-0.2, 0) is 16.0 Å². The van der Waals surface area contributed by atoms with Crippen molar-refractivity contribution in [2.75, 3.05) is 18.9 Å². The van der Waals surface area contributed by atoms with E-state index in [-0.39, 0.29) is 18.4 Å². The molecule has 2 aromatic rings. The minimum atomic E-state index is -0.240. The number of rotatable bonds is 6. The van der Waals surface area contributed by atoms with Gasteiger partial charge in [-0.1, -0.05) is 41.9 Å². The summed E-state index contributed by atoms with van der Waals surface area (Å²) < 4.78 is 0.797. The van der Waals surface area contributed by atoms with E-state index in [0.717, 1.165) is 10.0 Å². The van der Waals surface area contributed by atoms with Crippen molar-refractivity contribution >= 4 is 45.0 Å². The molecule has 0 bridgehead atoms. The number of halogens is 2. The van der Waals surface area contributed by atoms with Crippen LogP contribution >= 0.6 is 27.5 Å². The third-order valence-electron chi connectivity index (χ3n) is 3.52. The fraction of sp³-hybridized carbons (Fsp3) is 0.222. The standard InChI is InChI=1S/C18H18BrClN2O2/c1-22(12-17(23)21-16-9-5-3-7-14(16)19)18(24)11-10-13-6-2-4-8-15(13)20/h2-9H,10-12H2,1H3,(H,21,23). The average Bonchev–Trinajstić information content (AvgIpc) is 2.56. The number of hydrogen-bond acceptors (Lipinski definition) is 2. The van der Waals surface area contributed by atoms with Gasteiger partial charge in [-0.2, -0.15) is 0 Å². The molecular weight excluding hydrogens is 392 g/mol. The summed E-state index contributed by atoms with van der Waals surface area (Å²) in [5, 5.41) is 3.43. The molecule has 0 aliphatic carbocycles. The molecule has 2 amide bonds. The summed E-state index contributed by atoms with van der Waals surface area (Å²) in [6.45, 7) is 0.00267. The molecule has 0 atom stereocenters. The maximum absolute atomic E-state index is 12.2. The molecule has 0 saturated carbocycles. The number of para-hydroxylation sites is 1. The summed E-state index contributed by atoms with van der Waals surface area (Å²) in [4.78, 5) is 25.7. The molecule has 0 unspecified atom stereocenters. The Morgan fingerprint density at radius 3 is 2.50 bits per heavy atom. The SMILES string of the molecule is CN(CC(=O)Nc1ccccc1Br)C(=O)CCc1ccccc1Cl. The molecule has 0 aliphatic heterocycles. The Morgan fingerprint density at radius 2 is 1.79 bits per heavy atom. The summed E-state index contributed by atoms with van der Waals surface area (Å²) in [7, 11) is 1.62. The van der Waals surface area contributed by atoms with Crippen molar-refractivity contribution in [1.82, 2.24) is 4.90 Å². The van der Waals surface area contributed by atoms with Crippen LogP contribution < -0.4 is 5.32 Å². The van der Waals surface area contributed by atoms with Gasteiger partial charge in [-0.25, -0.2) is 0 Å². The van der Waals surface area contributed by atoms with Crippen molar-refractivity contribution in [2.45, 2.75) is 12.8 Å². The quantitative estimate of drug-likeness (QED) is 0.780. The maximum atomic E-state index is 12.2. The van der Waals surface area contributed by atoms with Gasteiger partial charge in [0.1, 0.15) is 0 Å². The van der Waals surface area contributed by atoms with Gasteiger partial charge >= 0.3 is 0 Å². The van der Waals surface area contributed by atoms with E-state index in [1.165, 1.54) is 4.90 Å². The Bertz CT molecular complexity index is 736. The summed E-state index contributed by atoms with van der Waals surface area (Å²) in [5.74, 6) is -0.340. The monoisotopic (exact) mass is 408 g/mol. The van der Waals surface area contributed by atoms with Gasteiger partial charge in [0.15, 0.2) is 0 Å². The van der Waals surface area contributed by atoms with E-state index >= 15 is 0 Å². The van der Waals surface area contributed by atoms with Crippen molar-refractivity contribution in [1.29, 1.82) is 0 Å². The summed E-state index contributed by atoms with van der Waals surface area (Å²) >= 11 is 9.45. The molecule has 4 nitrogen and oxygen atoms in total. The highest BCUT2D eigenvalue weighted by molar-refractivity contribution is 9.10. The zero-order chi connectivity index (χ0) is 17.5. The van der Waals surface area contributed by atoms with E-state index in [9.17, 15) is 9.59 Å². The van der Waals surface area contributed by atoms with Crippen LogP contribution in [0.2, 0.25) is 5.02 Å². The van der Waals surface area contributed by atoms with Crippen LogP contribution in [0.1, 0.15) is 12.0 Å². The average molecular weight is 410 g/mol. The number of hydrogen-bond donors (Lipinski definition) is 1. The third kappa shape index (κ3) is 5.35. The molecule has 0 spiro atoms. The first-order valence-electron chi connectivity index (χ1n) is 7.49. The van der Waals surface area contributed by atoms with Crippen molar-refractivity contribution < 1.29 is 9.59 Å². The van der Waals surface area contributed by atoms with Crippen LogP contribution in [-0.4, -0.2) is 30.3 Å². The van der Waals surface area contributed by atoms with Crippen molar-refractivity contribution in [3.05, 3.63) is 63.6 Å². The van der Waals surface area contributed by atoms with E-state index in [1.807, 2.05) is 36.4 Å². The Hall–Kier alpha value is -1.85. The highest BCUT2D eigenvalue weighted by Crippen LogP contribution is 2.21. The third-order valence-corrected chi connectivity index (χ3v) is 4.58. The first kappa shape index (κ1) is 18.5. The second-order valence-corrected chi connectivity index (χ2v) is 6.63. The summed E-state index contributed by atoms with van der Waals surface area (Å²) in [6, 6.07) is 14.8. The van der Waals surface area contributed by atoms with Crippen LogP contribution in [0, 0.1) is 0 Å². The van der Waals surface area contributed by atoms with Crippen molar-refractivity contribution in [2.24, 2.45) is 0 Å².